The summed E-state index contributed by atoms with van der Waals surface area (Å²) in [4.78, 5) is 12.0. The van der Waals surface area contributed by atoms with Gasteiger partial charge in [-0.25, -0.2) is 8.78 Å². The topological polar surface area (TPSA) is 41.1 Å². The van der Waals surface area contributed by atoms with E-state index in [2.05, 4.69) is 10.6 Å². The zero-order chi connectivity index (χ0) is 16.9. The Labute approximate surface area is 138 Å². The van der Waals surface area contributed by atoms with E-state index in [1.54, 1.807) is 24.3 Å². The van der Waals surface area contributed by atoms with Crippen molar-refractivity contribution in [1.82, 2.24) is 0 Å². The fourth-order valence-corrected chi connectivity index (χ4v) is 2.20. The van der Waals surface area contributed by atoms with Crippen LogP contribution in [0.1, 0.15) is 10.4 Å². The van der Waals surface area contributed by atoms with Gasteiger partial charge in [-0.1, -0.05) is 18.2 Å². The number of anilines is 3. The summed E-state index contributed by atoms with van der Waals surface area (Å²) in [5.74, 6) is -2.24. The van der Waals surface area contributed by atoms with Crippen LogP contribution < -0.4 is 10.6 Å². The van der Waals surface area contributed by atoms with Gasteiger partial charge in [-0.3, -0.25) is 4.79 Å². The summed E-state index contributed by atoms with van der Waals surface area (Å²) in [5.41, 5.74) is 2.11. The van der Waals surface area contributed by atoms with Crippen molar-refractivity contribution in [1.29, 1.82) is 0 Å². The number of hydrogen-bond acceptors (Lipinski definition) is 2. The van der Waals surface area contributed by atoms with Crippen LogP contribution in [0.25, 0.3) is 0 Å². The molecule has 0 unspecified atom stereocenters. The molecule has 3 aromatic rings. The lowest BCUT2D eigenvalue weighted by Crippen LogP contribution is -2.13. The van der Waals surface area contributed by atoms with Crippen molar-refractivity contribution >= 4 is 23.0 Å². The lowest BCUT2D eigenvalue weighted by atomic mass is 10.2. The maximum absolute atomic E-state index is 13.6. The Kier molecular flexibility index (Phi) is 4.52. The summed E-state index contributed by atoms with van der Waals surface area (Å²) >= 11 is 0. The number of amides is 1. The van der Waals surface area contributed by atoms with Gasteiger partial charge in [-0.15, -0.1) is 0 Å². The molecule has 0 aliphatic rings. The number of para-hydroxylation sites is 1. The van der Waals surface area contributed by atoms with Crippen LogP contribution >= 0.6 is 0 Å². The third-order valence-corrected chi connectivity index (χ3v) is 3.38. The molecule has 0 atom stereocenters. The van der Waals surface area contributed by atoms with Crippen LogP contribution in [0.5, 0.6) is 0 Å². The van der Waals surface area contributed by atoms with E-state index in [0.29, 0.717) is 11.8 Å². The Bertz CT molecular complexity index is 849. The molecule has 0 bridgehead atoms. The van der Waals surface area contributed by atoms with Gasteiger partial charge in [0.2, 0.25) is 0 Å². The lowest BCUT2D eigenvalue weighted by molar-refractivity contribution is 0.102. The second kappa shape index (κ2) is 6.91. The van der Waals surface area contributed by atoms with Crippen LogP contribution in [0.3, 0.4) is 0 Å². The SMILES string of the molecule is O=C(Nc1ccc(Nc2ccccc2)cc1)c1ccc(F)cc1F. The summed E-state index contributed by atoms with van der Waals surface area (Å²) in [6.07, 6.45) is 0. The first-order chi connectivity index (χ1) is 11.6. The van der Waals surface area contributed by atoms with Crippen molar-refractivity contribution in [3.05, 3.63) is 90.0 Å². The molecule has 3 nitrogen and oxygen atoms in total. The van der Waals surface area contributed by atoms with Gasteiger partial charge in [0.25, 0.3) is 5.91 Å². The molecule has 0 aliphatic heterocycles. The van der Waals surface area contributed by atoms with Crippen molar-refractivity contribution in [3.63, 3.8) is 0 Å². The van der Waals surface area contributed by atoms with Gasteiger partial charge in [0.05, 0.1) is 5.56 Å². The second-order valence-electron chi connectivity index (χ2n) is 5.15. The highest BCUT2D eigenvalue weighted by Crippen LogP contribution is 2.19. The van der Waals surface area contributed by atoms with Gasteiger partial charge in [0, 0.05) is 23.1 Å². The molecule has 5 heteroatoms. The molecule has 0 aromatic heterocycles. The van der Waals surface area contributed by atoms with Crippen molar-refractivity contribution < 1.29 is 13.6 Å². The Morgan fingerprint density at radius 1 is 0.750 bits per heavy atom. The number of nitrogens with one attached hydrogen (secondary N) is 2. The molecular formula is C19H14F2N2O. The third kappa shape index (κ3) is 3.76. The van der Waals surface area contributed by atoms with E-state index in [4.69, 9.17) is 0 Å². The monoisotopic (exact) mass is 324 g/mol. The van der Waals surface area contributed by atoms with Crippen LogP contribution in [0.4, 0.5) is 25.8 Å². The predicted octanol–water partition coefficient (Wildman–Crippen LogP) is 4.96. The highest BCUT2D eigenvalue weighted by molar-refractivity contribution is 6.04. The number of carbonyl (C=O) groups is 1. The largest absolute Gasteiger partial charge is 0.356 e. The van der Waals surface area contributed by atoms with Crippen LogP contribution in [-0.2, 0) is 0 Å². The molecule has 0 saturated heterocycles. The molecule has 0 aliphatic carbocycles. The Morgan fingerprint density at radius 2 is 1.38 bits per heavy atom. The summed E-state index contributed by atoms with van der Waals surface area (Å²) < 4.78 is 26.5. The van der Waals surface area contributed by atoms with Gasteiger partial charge in [0.1, 0.15) is 11.6 Å². The summed E-state index contributed by atoms with van der Waals surface area (Å²) in [6.45, 7) is 0. The fourth-order valence-electron chi connectivity index (χ4n) is 2.20. The average Bonchev–Trinajstić information content (AvgIpc) is 2.57. The quantitative estimate of drug-likeness (QED) is 0.712. The van der Waals surface area contributed by atoms with Gasteiger partial charge >= 0.3 is 0 Å². The van der Waals surface area contributed by atoms with Crippen LogP contribution in [0.2, 0.25) is 0 Å². The highest BCUT2D eigenvalue weighted by atomic mass is 19.1. The van der Waals surface area contributed by atoms with Gasteiger partial charge < -0.3 is 10.6 Å². The summed E-state index contributed by atoms with van der Waals surface area (Å²) in [7, 11) is 0. The van der Waals surface area contributed by atoms with E-state index in [-0.39, 0.29) is 5.56 Å². The fraction of sp³-hybridized carbons (Fsp3) is 0. The van der Waals surface area contributed by atoms with Crippen LogP contribution in [0, 0.1) is 11.6 Å². The number of benzene rings is 3. The molecule has 0 spiro atoms. The van der Waals surface area contributed by atoms with Crippen LogP contribution in [-0.4, -0.2) is 5.91 Å². The lowest BCUT2D eigenvalue weighted by Gasteiger charge is -2.09. The summed E-state index contributed by atoms with van der Waals surface area (Å²) in [6, 6.07) is 19.5. The van der Waals surface area contributed by atoms with E-state index < -0.39 is 17.5 Å². The van der Waals surface area contributed by atoms with Crippen molar-refractivity contribution in [2.75, 3.05) is 10.6 Å². The average molecular weight is 324 g/mol. The molecule has 3 rings (SSSR count). The first-order valence-electron chi connectivity index (χ1n) is 7.30. The number of halogens is 2. The van der Waals surface area contributed by atoms with E-state index in [9.17, 15) is 13.6 Å². The first kappa shape index (κ1) is 15.7. The predicted molar refractivity (Wildman–Crippen MR) is 90.5 cm³/mol. The molecule has 2 N–H and O–H groups in total. The number of carbonyl (C=O) groups excluding carboxylic acids is 1. The van der Waals surface area contributed by atoms with Gasteiger partial charge in [0.15, 0.2) is 0 Å². The minimum atomic E-state index is -0.894. The number of hydrogen-bond donors (Lipinski definition) is 2. The van der Waals surface area contributed by atoms with Gasteiger partial charge in [-0.2, -0.15) is 0 Å². The van der Waals surface area contributed by atoms with Crippen molar-refractivity contribution in [2.45, 2.75) is 0 Å². The molecule has 0 heterocycles. The van der Waals surface area contributed by atoms with E-state index in [1.807, 2.05) is 30.3 Å². The van der Waals surface area contributed by atoms with Gasteiger partial charge in [-0.05, 0) is 48.5 Å². The van der Waals surface area contributed by atoms with Crippen molar-refractivity contribution in [3.8, 4) is 0 Å². The third-order valence-electron chi connectivity index (χ3n) is 3.38. The number of rotatable bonds is 4. The first-order valence-corrected chi connectivity index (χ1v) is 7.30. The molecule has 120 valence electrons. The molecule has 0 fully saturated rings. The smallest absolute Gasteiger partial charge is 0.258 e. The van der Waals surface area contributed by atoms with Crippen LogP contribution in [0.15, 0.2) is 72.8 Å². The standard InChI is InChI=1S/C19H14F2N2O/c20-13-6-11-17(18(21)12-13)19(24)23-16-9-7-15(8-10-16)22-14-4-2-1-3-5-14/h1-12,22H,(H,23,24). The van der Waals surface area contributed by atoms with E-state index in [1.165, 1.54) is 0 Å². The van der Waals surface area contributed by atoms with E-state index >= 15 is 0 Å². The maximum atomic E-state index is 13.6. The zero-order valence-electron chi connectivity index (χ0n) is 12.6. The molecule has 0 radical (unpaired) electrons. The Balaban J connectivity index is 1.68. The molecule has 1 amide bonds. The summed E-state index contributed by atoms with van der Waals surface area (Å²) in [5, 5.41) is 5.80. The minimum Gasteiger partial charge on any atom is -0.356 e. The highest BCUT2D eigenvalue weighted by Gasteiger charge is 2.12. The maximum Gasteiger partial charge on any atom is 0.258 e. The van der Waals surface area contributed by atoms with E-state index in [0.717, 1.165) is 23.5 Å². The molecule has 24 heavy (non-hydrogen) atoms. The zero-order valence-corrected chi connectivity index (χ0v) is 12.6. The minimum absolute atomic E-state index is 0.206. The second-order valence-corrected chi connectivity index (χ2v) is 5.15. The Morgan fingerprint density at radius 3 is 2.04 bits per heavy atom. The van der Waals surface area contributed by atoms with Crippen molar-refractivity contribution in [2.24, 2.45) is 0 Å². The molecule has 0 saturated carbocycles. The Hall–Kier alpha value is -3.21. The molecular weight excluding hydrogens is 310 g/mol. The molecule has 3 aromatic carbocycles. The normalized spacial score (nSPS) is 10.2.